The molecule has 0 aliphatic rings. The number of nitrogens with one attached hydrogen (secondary N) is 1. The van der Waals surface area contributed by atoms with E-state index in [1.807, 2.05) is 33.8 Å². The van der Waals surface area contributed by atoms with E-state index in [0.29, 0.717) is 15.9 Å². The van der Waals surface area contributed by atoms with Gasteiger partial charge in [0.2, 0.25) is 0 Å². The molecule has 12 heteroatoms. The lowest BCUT2D eigenvalue weighted by Crippen LogP contribution is -2.39. The number of carbonyl (C=O) groups excluding carboxylic acids is 1. The van der Waals surface area contributed by atoms with Crippen LogP contribution in [0.3, 0.4) is 0 Å². The molecule has 1 N–H and O–H groups in total. The van der Waals surface area contributed by atoms with E-state index >= 15 is 0 Å². The molecule has 1 amide bonds. The third-order valence-electron chi connectivity index (χ3n) is 6.77. The monoisotopic (exact) mass is 630 g/mol. The molecule has 226 valence electrons. The molecule has 0 saturated carbocycles. The summed E-state index contributed by atoms with van der Waals surface area (Å²) in [5, 5.41) is 3.41. The van der Waals surface area contributed by atoms with Gasteiger partial charge < -0.3 is 4.57 Å². The Morgan fingerprint density at radius 3 is 2.16 bits per heavy atom. The number of nitrogens with zero attached hydrogens (tertiary/aromatic N) is 3. The molecule has 7 nitrogen and oxygen atoms in total. The van der Waals surface area contributed by atoms with Gasteiger partial charge in [-0.15, -0.1) is 0 Å². The van der Waals surface area contributed by atoms with Crippen molar-refractivity contribution in [1.82, 2.24) is 9.99 Å². The van der Waals surface area contributed by atoms with Crippen LogP contribution >= 0.6 is 11.6 Å². The molecule has 0 aliphatic carbocycles. The third-order valence-corrected chi connectivity index (χ3v) is 8.89. The van der Waals surface area contributed by atoms with Gasteiger partial charge in [-0.25, -0.2) is 13.8 Å². The molecule has 0 bridgehead atoms. The number of hydrazone groups is 1. The summed E-state index contributed by atoms with van der Waals surface area (Å²) in [7, 11) is -4.46. The highest BCUT2D eigenvalue weighted by Gasteiger charge is 2.35. The fourth-order valence-corrected chi connectivity index (χ4v) is 6.41. The molecule has 0 radical (unpaired) electrons. The van der Waals surface area contributed by atoms with Crippen LogP contribution < -0.4 is 9.73 Å². The first-order chi connectivity index (χ1) is 20.1. The zero-order chi connectivity index (χ0) is 31.7. The van der Waals surface area contributed by atoms with Crippen LogP contribution in [-0.4, -0.2) is 31.7 Å². The minimum Gasteiger partial charge on any atom is -0.318 e. The van der Waals surface area contributed by atoms with Crippen molar-refractivity contribution in [3.8, 4) is 5.69 Å². The van der Waals surface area contributed by atoms with Gasteiger partial charge in [0.25, 0.3) is 15.9 Å². The molecule has 1 aromatic heterocycles. The Labute approximate surface area is 253 Å². The first-order valence-corrected chi connectivity index (χ1v) is 15.0. The van der Waals surface area contributed by atoms with Gasteiger partial charge in [0.05, 0.1) is 27.4 Å². The lowest BCUT2D eigenvalue weighted by molar-refractivity contribution is -0.137. The summed E-state index contributed by atoms with van der Waals surface area (Å²) >= 11 is 5.76. The number of sulfonamides is 1. The second kappa shape index (κ2) is 12.3. The molecule has 0 spiro atoms. The highest BCUT2D eigenvalue weighted by molar-refractivity contribution is 7.92. The summed E-state index contributed by atoms with van der Waals surface area (Å²) in [6.07, 6.45) is -3.41. The molecular formula is C31H30ClF3N4O3S. The number of hydrogen-bond acceptors (Lipinski definition) is 4. The van der Waals surface area contributed by atoms with Crippen LogP contribution in [-0.2, 0) is 21.0 Å². The predicted molar refractivity (Wildman–Crippen MR) is 163 cm³/mol. The number of amides is 1. The molecule has 1 heterocycles. The van der Waals surface area contributed by atoms with E-state index in [9.17, 15) is 26.4 Å². The minimum atomic E-state index is -4.84. The van der Waals surface area contributed by atoms with Crippen molar-refractivity contribution in [3.63, 3.8) is 0 Å². The van der Waals surface area contributed by atoms with Crippen LogP contribution in [0.1, 0.15) is 39.2 Å². The number of anilines is 1. The maximum absolute atomic E-state index is 13.6. The molecule has 0 fully saturated rings. The standard InChI is InChI=1S/C31H30ClF3N4O3S/c1-19-6-9-27(10-7-19)43(41,42)38(25-8-11-29(32)28(16-25)31(33,34)35)18-30(40)37-36-17-24-15-22(4)39(23(24)5)26-13-20(2)12-21(3)14-26/h6-17H,18H2,1-5H3,(H,37,40)/b36-17+. The average Bonchev–Trinajstić information content (AvgIpc) is 3.19. The lowest BCUT2D eigenvalue weighted by Gasteiger charge is -2.25. The van der Waals surface area contributed by atoms with Crippen LogP contribution in [0.4, 0.5) is 18.9 Å². The normalized spacial score (nSPS) is 12.1. The van der Waals surface area contributed by atoms with Gasteiger partial charge in [-0.3, -0.25) is 9.10 Å². The number of rotatable bonds is 8. The van der Waals surface area contributed by atoms with E-state index in [2.05, 4.69) is 33.3 Å². The van der Waals surface area contributed by atoms with Gasteiger partial charge in [-0.2, -0.15) is 18.3 Å². The maximum Gasteiger partial charge on any atom is 0.417 e. The fourth-order valence-electron chi connectivity index (χ4n) is 4.77. The number of aryl methyl sites for hydroxylation is 4. The van der Waals surface area contributed by atoms with E-state index < -0.39 is 39.2 Å². The topological polar surface area (TPSA) is 83.8 Å². The van der Waals surface area contributed by atoms with Crippen molar-refractivity contribution in [2.24, 2.45) is 5.10 Å². The lowest BCUT2D eigenvalue weighted by atomic mass is 10.1. The van der Waals surface area contributed by atoms with Crippen LogP contribution in [0.5, 0.6) is 0 Å². The average molecular weight is 631 g/mol. The van der Waals surface area contributed by atoms with E-state index in [0.717, 1.165) is 45.9 Å². The van der Waals surface area contributed by atoms with Gasteiger partial charge in [0.15, 0.2) is 0 Å². The Morgan fingerprint density at radius 1 is 0.930 bits per heavy atom. The Balaban J connectivity index is 1.63. The number of aromatic nitrogens is 1. The van der Waals surface area contributed by atoms with Crippen LogP contribution in [0.25, 0.3) is 5.69 Å². The number of halogens is 4. The molecular weight excluding hydrogens is 601 g/mol. The second-order valence-corrected chi connectivity index (χ2v) is 12.6. The van der Waals surface area contributed by atoms with Crippen molar-refractivity contribution in [1.29, 1.82) is 0 Å². The largest absolute Gasteiger partial charge is 0.417 e. The Morgan fingerprint density at radius 2 is 1.56 bits per heavy atom. The quantitative estimate of drug-likeness (QED) is 0.167. The van der Waals surface area contributed by atoms with Crippen molar-refractivity contribution >= 4 is 39.4 Å². The molecule has 4 rings (SSSR count). The summed E-state index contributed by atoms with van der Waals surface area (Å²) in [4.78, 5) is 12.8. The Hall–Kier alpha value is -4.09. The zero-order valence-electron chi connectivity index (χ0n) is 24.1. The van der Waals surface area contributed by atoms with Crippen LogP contribution in [0.2, 0.25) is 5.02 Å². The van der Waals surface area contributed by atoms with Gasteiger partial charge >= 0.3 is 6.18 Å². The highest BCUT2D eigenvalue weighted by Crippen LogP contribution is 2.38. The SMILES string of the molecule is Cc1ccc(S(=O)(=O)N(CC(=O)N/N=C/c2cc(C)n(-c3cc(C)cc(C)c3)c2C)c2ccc(Cl)c(C(F)(F)F)c2)cc1. The minimum absolute atomic E-state index is 0.197. The molecule has 43 heavy (non-hydrogen) atoms. The van der Waals surface area contributed by atoms with Crippen molar-refractivity contribution < 1.29 is 26.4 Å². The van der Waals surface area contributed by atoms with E-state index in [-0.39, 0.29) is 10.6 Å². The van der Waals surface area contributed by atoms with Crippen LogP contribution in [0.15, 0.2) is 76.7 Å². The van der Waals surface area contributed by atoms with Gasteiger partial charge in [-0.1, -0.05) is 35.4 Å². The molecule has 0 atom stereocenters. The maximum atomic E-state index is 13.6. The van der Waals surface area contributed by atoms with Gasteiger partial charge in [-0.05, 0) is 94.3 Å². The highest BCUT2D eigenvalue weighted by atomic mass is 35.5. The third kappa shape index (κ3) is 7.11. The molecule has 3 aromatic carbocycles. The summed E-state index contributed by atoms with van der Waals surface area (Å²) in [6.45, 7) is 8.79. The molecule has 0 aliphatic heterocycles. The summed E-state index contributed by atoms with van der Waals surface area (Å²) in [6, 6.07) is 16.5. The predicted octanol–water partition coefficient (Wildman–Crippen LogP) is 7.04. The smallest absolute Gasteiger partial charge is 0.318 e. The van der Waals surface area contributed by atoms with E-state index in [4.69, 9.17) is 11.6 Å². The summed E-state index contributed by atoms with van der Waals surface area (Å²) < 4.78 is 70.6. The number of benzene rings is 3. The van der Waals surface area contributed by atoms with Crippen molar-refractivity contribution in [2.75, 3.05) is 10.8 Å². The fraction of sp³-hybridized carbons (Fsp3) is 0.226. The number of alkyl halides is 3. The number of hydrogen-bond donors (Lipinski definition) is 1. The van der Waals surface area contributed by atoms with Gasteiger partial charge in [0.1, 0.15) is 6.54 Å². The first kappa shape index (κ1) is 31.8. The van der Waals surface area contributed by atoms with Crippen molar-refractivity contribution in [3.05, 3.63) is 111 Å². The van der Waals surface area contributed by atoms with Crippen LogP contribution in [0, 0.1) is 34.6 Å². The molecule has 0 saturated heterocycles. The Kier molecular flexibility index (Phi) is 9.08. The van der Waals surface area contributed by atoms with Gasteiger partial charge in [0, 0.05) is 22.6 Å². The molecule has 0 unspecified atom stereocenters. The number of carbonyl (C=O) groups is 1. The molecule has 4 aromatic rings. The second-order valence-electron chi connectivity index (χ2n) is 10.3. The zero-order valence-corrected chi connectivity index (χ0v) is 25.7. The Bertz CT molecular complexity index is 1790. The summed E-state index contributed by atoms with van der Waals surface area (Å²) in [5.41, 5.74) is 7.19. The van der Waals surface area contributed by atoms with E-state index in [1.165, 1.54) is 18.3 Å². The van der Waals surface area contributed by atoms with E-state index in [1.54, 1.807) is 19.1 Å². The first-order valence-electron chi connectivity index (χ1n) is 13.1. The summed E-state index contributed by atoms with van der Waals surface area (Å²) in [5.74, 6) is -0.862. The van der Waals surface area contributed by atoms with Crippen molar-refractivity contribution in [2.45, 2.75) is 45.7 Å².